The molecule has 0 aromatic carbocycles. The smallest absolute Gasteiger partial charge is 0.163 e. The Labute approximate surface area is 81.0 Å². The van der Waals surface area contributed by atoms with E-state index in [2.05, 4.69) is 18.9 Å². The highest BCUT2D eigenvalue weighted by atomic mass is 16.7. The fourth-order valence-electron chi connectivity index (χ4n) is 1.67. The Morgan fingerprint density at radius 1 is 1.46 bits per heavy atom. The normalized spacial score (nSPS) is 27.0. The maximum absolute atomic E-state index is 5.70. The van der Waals surface area contributed by atoms with Crippen LogP contribution in [0.4, 0.5) is 0 Å². The summed E-state index contributed by atoms with van der Waals surface area (Å²) in [5.41, 5.74) is 0. The highest BCUT2D eigenvalue weighted by Crippen LogP contribution is 2.22. The molecule has 1 aliphatic rings. The molecular weight excluding hydrogens is 166 g/mol. The maximum Gasteiger partial charge on any atom is 0.163 e. The molecule has 0 saturated carbocycles. The van der Waals surface area contributed by atoms with E-state index in [1.54, 1.807) is 0 Å². The molecule has 0 radical (unpaired) electrons. The van der Waals surface area contributed by atoms with E-state index >= 15 is 0 Å². The van der Waals surface area contributed by atoms with Crippen molar-refractivity contribution < 1.29 is 9.47 Å². The lowest BCUT2D eigenvalue weighted by Crippen LogP contribution is -2.32. The Kier molecular flexibility index (Phi) is 3.71. The molecule has 1 heterocycles. The van der Waals surface area contributed by atoms with Gasteiger partial charge in [0.25, 0.3) is 0 Å². The molecule has 1 atom stereocenters. The van der Waals surface area contributed by atoms with Gasteiger partial charge in [0.2, 0.25) is 0 Å². The Morgan fingerprint density at radius 3 is 2.62 bits per heavy atom. The number of hydrogen-bond acceptors (Lipinski definition) is 3. The molecule has 13 heavy (non-hydrogen) atoms. The van der Waals surface area contributed by atoms with E-state index < -0.39 is 0 Å². The fraction of sp³-hybridized carbons (Fsp3) is 1.00. The number of likely N-dealkylation sites (N-methyl/N-ethyl adjacent to an activating group) is 1. The van der Waals surface area contributed by atoms with E-state index in [4.69, 9.17) is 9.47 Å². The zero-order valence-electron chi connectivity index (χ0n) is 9.17. The van der Waals surface area contributed by atoms with Gasteiger partial charge in [-0.3, -0.25) is 0 Å². The SMILES string of the molecule is CCCN(C)CC1COC(C)(C)O1. The minimum Gasteiger partial charge on any atom is -0.348 e. The Hall–Kier alpha value is -0.120. The summed E-state index contributed by atoms with van der Waals surface area (Å²) in [6.07, 6.45) is 1.43. The van der Waals surface area contributed by atoms with Crippen LogP contribution in [0.5, 0.6) is 0 Å². The third-order valence-corrected chi connectivity index (χ3v) is 2.19. The molecule has 3 heteroatoms. The maximum atomic E-state index is 5.70. The van der Waals surface area contributed by atoms with Gasteiger partial charge in [-0.05, 0) is 33.9 Å². The molecule has 0 amide bonds. The number of nitrogens with zero attached hydrogens (tertiary/aromatic N) is 1. The van der Waals surface area contributed by atoms with Crippen LogP contribution in [0.25, 0.3) is 0 Å². The Morgan fingerprint density at radius 2 is 2.15 bits per heavy atom. The van der Waals surface area contributed by atoms with Gasteiger partial charge in [-0.1, -0.05) is 6.92 Å². The quantitative estimate of drug-likeness (QED) is 0.665. The first-order valence-electron chi connectivity index (χ1n) is 5.04. The van der Waals surface area contributed by atoms with Crippen molar-refractivity contribution in [1.29, 1.82) is 0 Å². The predicted octanol–water partition coefficient (Wildman–Crippen LogP) is 1.48. The first kappa shape index (κ1) is 11.0. The molecule has 0 aromatic heterocycles. The van der Waals surface area contributed by atoms with Crippen LogP contribution >= 0.6 is 0 Å². The fourth-order valence-corrected chi connectivity index (χ4v) is 1.67. The number of rotatable bonds is 4. The van der Waals surface area contributed by atoms with Crippen molar-refractivity contribution in [2.75, 3.05) is 26.7 Å². The van der Waals surface area contributed by atoms with Crippen molar-refractivity contribution >= 4 is 0 Å². The van der Waals surface area contributed by atoms with E-state index in [1.165, 1.54) is 6.42 Å². The first-order chi connectivity index (χ1) is 6.03. The van der Waals surface area contributed by atoms with Gasteiger partial charge in [0.15, 0.2) is 5.79 Å². The molecule has 1 saturated heterocycles. The van der Waals surface area contributed by atoms with Crippen molar-refractivity contribution in [2.45, 2.75) is 39.1 Å². The van der Waals surface area contributed by atoms with Crippen LogP contribution in [0.1, 0.15) is 27.2 Å². The highest BCUT2D eigenvalue weighted by Gasteiger charge is 2.32. The van der Waals surface area contributed by atoms with E-state index in [9.17, 15) is 0 Å². The third-order valence-electron chi connectivity index (χ3n) is 2.19. The molecule has 1 aliphatic heterocycles. The van der Waals surface area contributed by atoms with Gasteiger partial charge in [-0.2, -0.15) is 0 Å². The Bertz CT molecular complexity index is 159. The standard InChI is InChI=1S/C10H21NO2/c1-5-6-11(4)7-9-8-12-10(2,3)13-9/h9H,5-8H2,1-4H3. The van der Waals surface area contributed by atoms with Gasteiger partial charge in [0.05, 0.1) is 12.7 Å². The van der Waals surface area contributed by atoms with Crippen LogP contribution in [0.2, 0.25) is 0 Å². The third kappa shape index (κ3) is 3.63. The molecule has 0 spiro atoms. The van der Waals surface area contributed by atoms with Gasteiger partial charge in [-0.15, -0.1) is 0 Å². The molecule has 0 aliphatic carbocycles. The van der Waals surface area contributed by atoms with Gasteiger partial charge in [0.1, 0.15) is 0 Å². The molecular formula is C10H21NO2. The van der Waals surface area contributed by atoms with E-state index in [0.717, 1.165) is 19.7 Å². The van der Waals surface area contributed by atoms with Crippen molar-refractivity contribution in [2.24, 2.45) is 0 Å². The molecule has 1 rings (SSSR count). The van der Waals surface area contributed by atoms with Crippen molar-refractivity contribution in [3.63, 3.8) is 0 Å². The van der Waals surface area contributed by atoms with Crippen LogP contribution in [0.3, 0.4) is 0 Å². The summed E-state index contributed by atoms with van der Waals surface area (Å²) < 4.78 is 11.2. The van der Waals surface area contributed by atoms with E-state index in [0.29, 0.717) is 0 Å². The number of hydrogen-bond donors (Lipinski definition) is 0. The number of ether oxygens (including phenoxy) is 2. The van der Waals surface area contributed by atoms with Crippen molar-refractivity contribution in [3.05, 3.63) is 0 Å². The summed E-state index contributed by atoms with van der Waals surface area (Å²) in [6, 6.07) is 0. The summed E-state index contributed by atoms with van der Waals surface area (Å²) in [5, 5.41) is 0. The van der Waals surface area contributed by atoms with Crippen LogP contribution in [-0.4, -0.2) is 43.5 Å². The molecule has 0 aromatic rings. The monoisotopic (exact) mass is 187 g/mol. The second-order valence-corrected chi connectivity index (χ2v) is 4.21. The molecule has 3 nitrogen and oxygen atoms in total. The topological polar surface area (TPSA) is 21.7 Å². The minimum absolute atomic E-state index is 0.242. The molecule has 0 N–H and O–H groups in total. The summed E-state index contributed by atoms with van der Waals surface area (Å²) >= 11 is 0. The van der Waals surface area contributed by atoms with Crippen molar-refractivity contribution in [3.8, 4) is 0 Å². The van der Waals surface area contributed by atoms with E-state index in [-0.39, 0.29) is 11.9 Å². The van der Waals surface area contributed by atoms with Crippen LogP contribution in [-0.2, 0) is 9.47 Å². The summed E-state index contributed by atoms with van der Waals surface area (Å²) in [6.45, 7) is 8.94. The van der Waals surface area contributed by atoms with Gasteiger partial charge in [0, 0.05) is 6.54 Å². The van der Waals surface area contributed by atoms with Crippen molar-refractivity contribution in [1.82, 2.24) is 4.90 Å². The summed E-state index contributed by atoms with van der Waals surface area (Å²) in [7, 11) is 2.12. The van der Waals surface area contributed by atoms with Gasteiger partial charge < -0.3 is 14.4 Å². The molecule has 1 fully saturated rings. The molecule has 78 valence electrons. The van der Waals surface area contributed by atoms with Crippen LogP contribution in [0, 0.1) is 0 Å². The minimum atomic E-state index is -0.377. The lowest BCUT2D eigenvalue weighted by atomic mass is 10.3. The Balaban J connectivity index is 2.24. The summed E-state index contributed by atoms with van der Waals surface area (Å²) in [4.78, 5) is 2.29. The lowest BCUT2D eigenvalue weighted by molar-refractivity contribution is -0.139. The average molecular weight is 187 g/mol. The summed E-state index contributed by atoms with van der Waals surface area (Å²) in [5.74, 6) is -0.377. The zero-order valence-corrected chi connectivity index (χ0v) is 9.17. The molecule has 1 unspecified atom stereocenters. The van der Waals surface area contributed by atoms with Crippen LogP contribution in [0.15, 0.2) is 0 Å². The second kappa shape index (κ2) is 4.40. The first-order valence-corrected chi connectivity index (χ1v) is 5.04. The zero-order chi connectivity index (χ0) is 9.90. The second-order valence-electron chi connectivity index (χ2n) is 4.21. The van der Waals surface area contributed by atoms with Gasteiger partial charge >= 0.3 is 0 Å². The highest BCUT2D eigenvalue weighted by molar-refractivity contribution is 4.73. The average Bonchev–Trinajstić information content (AvgIpc) is 2.30. The molecule has 0 bridgehead atoms. The largest absolute Gasteiger partial charge is 0.348 e. The lowest BCUT2D eigenvalue weighted by Gasteiger charge is -2.21. The van der Waals surface area contributed by atoms with Gasteiger partial charge in [-0.25, -0.2) is 0 Å². The van der Waals surface area contributed by atoms with Crippen LogP contribution < -0.4 is 0 Å². The predicted molar refractivity (Wildman–Crippen MR) is 52.7 cm³/mol. The van der Waals surface area contributed by atoms with E-state index in [1.807, 2.05) is 13.8 Å².